The van der Waals surface area contributed by atoms with E-state index in [9.17, 15) is 8.42 Å². The van der Waals surface area contributed by atoms with E-state index in [4.69, 9.17) is 23.2 Å². The van der Waals surface area contributed by atoms with Crippen LogP contribution in [0.15, 0.2) is 11.0 Å². The van der Waals surface area contributed by atoms with Gasteiger partial charge in [0.1, 0.15) is 9.23 Å². The van der Waals surface area contributed by atoms with Crippen LogP contribution >= 0.6 is 34.5 Å². The van der Waals surface area contributed by atoms with Gasteiger partial charge in [0.2, 0.25) is 10.0 Å². The van der Waals surface area contributed by atoms with Gasteiger partial charge in [0, 0.05) is 12.1 Å². The summed E-state index contributed by atoms with van der Waals surface area (Å²) in [5.41, 5.74) is 0. The minimum Gasteiger partial charge on any atom is -0.314 e. The summed E-state index contributed by atoms with van der Waals surface area (Å²) in [7, 11) is -3.58. The molecule has 102 valence electrons. The van der Waals surface area contributed by atoms with Crippen LogP contribution in [-0.2, 0) is 10.0 Å². The molecule has 1 aromatic rings. The maximum atomic E-state index is 12.2. The van der Waals surface area contributed by atoms with Crippen molar-refractivity contribution in [3.05, 3.63) is 14.7 Å². The van der Waals surface area contributed by atoms with E-state index in [1.54, 1.807) is 0 Å². The Labute approximate surface area is 121 Å². The first-order valence-corrected chi connectivity index (χ1v) is 8.64. The van der Waals surface area contributed by atoms with E-state index in [1.807, 2.05) is 6.92 Å². The van der Waals surface area contributed by atoms with Gasteiger partial charge in [0.15, 0.2) is 0 Å². The Balaban J connectivity index is 2.14. The number of sulfonamides is 1. The molecule has 1 aliphatic heterocycles. The SMILES string of the molecule is CC1CC(NS(=O)(=O)c2cc(Cl)sc2Cl)CCN1. The maximum absolute atomic E-state index is 12.2. The molecule has 4 nitrogen and oxygen atoms in total. The van der Waals surface area contributed by atoms with E-state index in [1.165, 1.54) is 6.07 Å². The van der Waals surface area contributed by atoms with Gasteiger partial charge in [-0.1, -0.05) is 23.2 Å². The van der Waals surface area contributed by atoms with Crippen LogP contribution in [0.1, 0.15) is 19.8 Å². The van der Waals surface area contributed by atoms with Gasteiger partial charge in [0.05, 0.1) is 4.34 Å². The normalized spacial score (nSPS) is 25.3. The number of piperidine rings is 1. The van der Waals surface area contributed by atoms with Crippen molar-refractivity contribution in [3.63, 3.8) is 0 Å². The first kappa shape index (κ1) is 14.6. The van der Waals surface area contributed by atoms with Gasteiger partial charge in [-0.2, -0.15) is 0 Å². The molecule has 2 atom stereocenters. The monoisotopic (exact) mass is 328 g/mol. The molecule has 1 aliphatic rings. The summed E-state index contributed by atoms with van der Waals surface area (Å²) in [6, 6.07) is 1.65. The number of hydrogen-bond acceptors (Lipinski definition) is 4. The smallest absolute Gasteiger partial charge is 0.243 e. The topological polar surface area (TPSA) is 58.2 Å². The zero-order valence-corrected chi connectivity index (χ0v) is 12.9. The number of hydrogen-bond donors (Lipinski definition) is 2. The summed E-state index contributed by atoms with van der Waals surface area (Å²) in [6.45, 7) is 2.85. The fourth-order valence-electron chi connectivity index (χ4n) is 2.03. The highest BCUT2D eigenvalue weighted by Crippen LogP contribution is 2.34. The molecule has 0 saturated carbocycles. The summed E-state index contributed by atoms with van der Waals surface area (Å²) < 4.78 is 27.6. The third-order valence-corrected chi connectivity index (χ3v) is 6.13. The molecule has 2 rings (SSSR count). The summed E-state index contributed by atoms with van der Waals surface area (Å²) >= 11 is 12.7. The molecule has 1 saturated heterocycles. The Kier molecular flexibility index (Phi) is 4.57. The molecule has 0 spiro atoms. The number of halogens is 2. The Morgan fingerprint density at radius 2 is 2.22 bits per heavy atom. The Bertz CT molecular complexity index is 530. The molecule has 0 bridgehead atoms. The van der Waals surface area contributed by atoms with Gasteiger partial charge in [0.25, 0.3) is 0 Å². The van der Waals surface area contributed by atoms with Crippen molar-refractivity contribution in [2.24, 2.45) is 0 Å². The second kappa shape index (κ2) is 5.64. The molecule has 2 N–H and O–H groups in total. The molecular formula is C10H14Cl2N2O2S2. The highest BCUT2D eigenvalue weighted by atomic mass is 35.5. The highest BCUT2D eigenvalue weighted by molar-refractivity contribution is 7.89. The van der Waals surface area contributed by atoms with Crippen molar-refractivity contribution in [1.29, 1.82) is 0 Å². The van der Waals surface area contributed by atoms with Crippen molar-refractivity contribution in [1.82, 2.24) is 10.0 Å². The number of nitrogens with one attached hydrogen (secondary N) is 2. The summed E-state index contributed by atoms with van der Waals surface area (Å²) in [6.07, 6.45) is 1.55. The average Bonchev–Trinajstić information content (AvgIpc) is 2.58. The van der Waals surface area contributed by atoms with Crippen LogP contribution in [0.2, 0.25) is 8.67 Å². The maximum Gasteiger partial charge on any atom is 0.243 e. The third-order valence-electron chi connectivity index (χ3n) is 2.86. The quantitative estimate of drug-likeness (QED) is 0.896. The van der Waals surface area contributed by atoms with Crippen LogP contribution in [0.25, 0.3) is 0 Å². The molecule has 1 fully saturated rings. The van der Waals surface area contributed by atoms with E-state index >= 15 is 0 Å². The molecule has 0 amide bonds. The van der Waals surface area contributed by atoms with E-state index < -0.39 is 10.0 Å². The van der Waals surface area contributed by atoms with E-state index in [-0.39, 0.29) is 15.3 Å². The van der Waals surface area contributed by atoms with Gasteiger partial charge in [-0.25, -0.2) is 13.1 Å². The lowest BCUT2D eigenvalue weighted by atomic mass is 10.0. The van der Waals surface area contributed by atoms with Crippen LogP contribution in [0.5, 0.6) is 0 Å². The molecular weight excluding hydrogens is 315 g/mol. The van der Waals surface area contributed by atoms with Crippen LogP contribution in [0.3, 0.4) is 0 Å². The molecule has 1 aromatic heterocycles. The van der Waals surface area contributed by atoms with E-state index in [2.05, 4.69) is 10.0 Å². The summed E-state index contributed by atoms with van der Waals surface area (Å²) in [5.74, 6) is 0. The Morgan fingerprint density at radius 3 is 2.78 bits per heavy atom. The number of rotatable bonds is 3. The zero-order chi connectivity index (χ0) is 13.3. The van der Waals surface area contributed by atoms with Gasteiger partial charge in [-0.15, -0.1) is 11.3 Å². The molecule has 0 radical (unpaired) electrons. The van der Waals surface area contributed by atoms with E-state index in [0.717, 1.165) is 30.7 Å². The van der Waals surface area contributed by atoms with Gasteiger partial charge < -0.3 is 5.32 Å². The van der Waals surface area contributed by atoms with Gasteiger partial charge in [-0.3, -0.25) is 0 Å². The molecule has 2 heterocycles. The lowest BCUT2D eigenvalue weighted by molar-refractivity contribution is 0.361. The van der Waals surface area contributed by atoms with Crippen LogP contribution < -0.4 is 10.0 Å². The first-order valence-electron chi connectivity index (χ1n) is 5.59. The average molecular weight is 329 g/mol. The van der Waals surface area contributed by atoms with Crippen molar-refractivity contribution < 1.29 is 8.42 Å². The molecule has 8 heteroatoms. The summed E-state index contributed by atoms with van der Waals surface area (Å²) in [4.78, 5) is 0.0744. The Hall–Kier alpha value is 0.150. The van der Waals surface area contributed by atoms with E-state index in [0.29, 0.717) is 10.4 Å². The second-order valence-corrected chi connectivity index (χ2v) is 8.35. The van der Waals surface area contributed by atoms with Gasteiger partial charge >= 0.3 is 0 Å². The largest absolute Gasteiger partial charge is 0.314 e. The predicted molar refractivity (Wildman–Crippen MR) is 75.1 cm³/mol. The molecule has 0 aromatic carbocycles. The van der Waals surface area contributed by atoms with Crippen LogP contribution in [0, 0.1) is 0 Å². The molecule has 2 unspecified atom stereocenters. The highest BCUT2D eigenvalue weighted by Gasteiger charge is 2.27. The predicted octanol–water partition coefficient (Wildman–Crippen LogP) is 2.47. The van der Waals surface area contributed by atoms with Gasteiger partial charge in [-0.05, 0) is 32.4 Å². The second-order valence-electron chi connectivity index (χ2n) is 4.39. The fourth-order valence-corrected chi connectivity index (χ4v) is 5.46. The van der Waals surface area contributed by atoms with Crippen molar-refractivity contribution in [3.8, 4) is 0 Å². The van der Waals surface area contributed by atoms with Crippen LogP contribution in [0.4, 0.5) is 0 Å². The standard InChI is InChI=1S/C10H14Cl2N2O2S2/c1-6-4-7(2-3-13-6)14-18(15,16)8-5-9(11)17-10(8)12/h5-7,13-14H,2-4H2,1H3. The number of thiophene rings is 1. The molecule has 0 aliphatic carbocycles. The van der Waals surface area contributed by atoms with Crippen LogP contribution in [-0.4, -0.2) is 27.0 Å². The van der Waals surface area contributed by atoms with Crippen molar-refractivity contribution in [2.75, 3.05) is 6.54 Å². The minimum absolute atomic E-state index is 0.0546. The molecule has 18 heavy (non-hydrogen) atoms. The Morgan fingerprint density at radius 1 is 1.50 bits per heavy atom. The fraction of sp³-hybridized carbons (Fsp3) is 0.600. The minimum atomic E-state index is -3.58. The summed E-state index contributed by atoms with van der Waals surface area (Å²) in [5, 5.41) is 3.27. The van der Waals surface area contributed by atoms with Crippen molar-refractivity contribution >= 4 is 44.6 Å². The zero-order valence-electron chi connectivity index (χ0n) is 9.74. The third kappa shape index (κ3) is 3.37. The lowest BCUT2D eigenvalue weighted by Crippen LogP contribution is -2.46. The first-order chi connectivity index (χ1) is 8.38. The lowest BCUT2D eigenvalue weighted by Gasteiger charge is -2.28. The van der Waals surface area contributed by atoms with Crippen molar-refractivity contribution in [2.45, 2.75) is 36.7 Å².